The second kappa shape index (κ2) is 4.39. The quantitative estimate of drug-likeness (QED) is 0.498. The van der Waals surface area contributed by atoms with Gasteiger partial charge in [0.1, 0.15) is 0 Å². The van der Waals surface area contributed by atoms with Gasteiger partial charge >= 0.3 is 0 Å². The van der Waals surface area contributed by atoms with E-state index in [0.717, 1.165) is 11.4 Å². The summed E-state index contributed by atoms with van der Waals surface area (Å²) in [6.07, 6.45) is 3.50. The molecule has 2 nitrogen and oxygen atoms in total. The zero-order chi connectivity index (χ0) is 13.5. The molecule has 0 bridgehead atoms. The Morgan fingerprint density at radius 3 is 2.55 bits per heavy atom. The van der Waals surface area contributed by atoms with Gasteiger partial charge in [-0.25, -0.2) is 0 Å². The second-order valence-electron chi connectivity index (χ2n) is 4.77. The van der Waals surface area contributed by atoms with E-state index in [4.69, 9.17) is 0 Å². The van der Waals surface area contributed by atoms with Crippen LogP contribution in [-0.2, 0) is 0 Å². The molecule has 0 amide bonds. The highest BCUT2D eigenvalue weighted by Crippen LogP contribution is 2.39. The first kappa shape index (κ1) is 11.6. The molecule has 0 N–H and O–H groups in total. The number of aryl methyl sites for hydroxylation is 1. The Morgan fingerprint density at radius 1 is 0.850 bits per heavy atom. The van der Waals surface area contributed by atoms with Gasteiger partial charge in [-0.05, 0) is 13.0 Å². The number of nitrogens with zero attached hydrogens (tertiary/aromatic N) is 2. The topological polar surface area (TPSA) is 25.8 Å². The maximum absolute atomic E-state index is 4.51. The molecule has 0 spiro atoms. The van der Waals surface area contributed by atoms with Gasteiger partial charge in [0.05, 0.1) is 11.4 Å². The van der Waals surface area contributed by atoms with Crippen LogP contribution in [0.2, 0.25) is 0 Å². The summed E-state index contributed by atoms with van der Waals surface area (Å²) < 4.78 is 2.61. The molecule has 0 unspecified atom stereocenters. The van der Waals surface area contributed by atoms with Crippen molar-refractivity contribution in [2.75, 3.05) is 0 Å². The van der Waals surface area contributed by atoms with Crippen molar-refractivity contribution in [3.63, 3.8) is 0 Å². The molecule has 0 aliphatic rings. The van der Waals surface area contributed by atoms with Gasteiger partial charge in [0.2, 0.25) is 0 Å². The van der Waals surface area contributed by atoms with E-state index in [1.165, 1.54) is 25.7 Å². The Morgan fingerprint density at radius 2 is 1.65 bits per heavy atom. The highest BCUT2D eigenvalue weighted by Gasteiger charge is 2.12. The van der Waals surface area contributed by atoms with Crippen LogP contribution in [0.25, 0.3) is 31.4 Å². The summed E-state index contributed by atoms with van der Waals surface area (Å²) in [5.41, 5.74) is 3.12. The lowest BCUT2D eigenvalue weighted by Crippen LogP contribution is -1.90. The maximum atomic E-state index is 4.51. The van der Waals surface area contributed by atoms with E-state index in [9.17, 15) is 0 Å². The van der Waals surface area contributed by atoms with Crippen molar-refractivity contribution in [3.8, 4) is 11.3 Å². The predicted octanol–water partition coefficient (Wildman–Crippen LogP) is 4.82. The third-order valence-corrected chi connectivity index (χ3v) is 4.76. The lowest BCUT2D eigenvalue weighted by atomic mass is 10.1. The summed E-state index contributed by atoms with van der Waals surface area (Å²) >= 11 is 1.82. The first-order valence-electron chi connectivity index (χ1n) is 6.53. The van der Waals surface area contributed by atoms with Crippen LogP contribution in [0.5, 0.6) is 0 Å². The molecule has 0 atom stereocenters. The van der Waals surface area contributed by atoms with Crippen LogP contribution in [0, 0.1) is 6.92 Å². The number of fused-ring (bicyclic) bond motifs is 3. The maximum Gasteiger partial charge on any atom is 0.0928 e. The lowest BCUT2D eigenvalue weighted by Gasteiger charge is -2.04. The molecule has 0 fully saturated rings. The Bertz CT molecular complexity index is 924. The number of hydrogen-bond donors (Lipinski definition) is 0. The zero-order valence-corrected chi connectivity index (χ0v) is 11.8. The fourth-order valence-corrected chi connectivity index (χ4v) is 3.82. The lowest BCUT2D eigenvalue weighted by molar-refractivity contribution is 1.13. The minimum atomic E-state index is 0.970. The molecule has 2 aromatic heterocycles. The van der Waals surface area contributed by atoms with Crippen molar-refractivity contribution in [2.24, 2.45) is 0 Å². The molecule has 2 aromatic carbocycles. The highest BCUT2D eigenvalue weighted by atomic mass is 32.1. The van der Waals surface area contributed by atoms with Crippen LogP contribution in [0.3, 0.4) is 0 Å². The number of hydrogen-bond acceptors (Lipinski definition) is 3. The summed E-state index contributed by atoms with van der Waals surface area (Å²) in [4.78, 5) is 8.87. The first-order valence-corrected chi connectivity index (χ1v) is 7.34. The molecule has 0 saturated heterocycles. The van der Waals surface area contributed by atoms with Crippen molar-refractivity contribution in [1.29, 1.82) is 0 Å². The van der Waals surface area contributed by atoms with Gasteiger partial charge in [0, 0.05) is 38.1 Å². The number of aromatic nitrogens is 2. The van der Waals surface area contributed by atoms with Crippen molar-refractivity contribution in [2.45, 2.75) is 6.92 Å². The Balaban J connectivity index is 2.13. The third-order valence-electron chi connectivity index (χ3n) is 3.54. The standard InChI is InChI=1S/C17H12N2S/c1-11-16(19-10-9-18-11)14-7-4-6-13-12-5-2-3-8-15(12)20-17(13)14/h2-10H,1H3. The molecule has 0 aliphatic heterocycles. The predicted molar refractivity (Wildman–Crippen MR) is 85.1 cm³/mol. The van der Waals surface area contributed by atoms with Gasteiger partial charge in [0.25, 0.3) is 0 Å². The van der Waals surface area contributed by atoms with Crippen molar-refractivity contribution in [1.82, 2.24) is 9.97 Å². The van der Waals surface area contributed by atoms with Crippen molar-refractivity contribution < 1.29 is 0 Å². The normalized spacial score (nSPS) is 11.2. The van der Waals surface area contributed by atoms with Crippen LogP contribution in [0.4, 0.5) is 0 Å². The summed E-state index contributed by atoms with van der Waals surface area (Å²) in [6.45, 7) is 2.01. The fourth-order valence-electron chi connectivity index (χ4n) is 2.61. The Hall–Kier alpha value is -2.26. The summed E-state index contributed by atoms with van der Waals surface area (Å²) in [7, 11) is 0. The Kier molecular flexibility index (Phi) is 2.54. The monoisotopic (exact) mass is 276 g/mol. The van der Waals surface area contributed by atoms with E-state index < -0.39 is 0 Å². The molecule has 0 radical (unpaired) electrons. The highest BCUT2D eigenvalue weighted by molar-refractivity contribution is 7.26. The van der Waals surface area contributed by atoms with Crippen LogP contribution in [0.15, 0.2) is 54.9 Å². The van der Waals surface area contributed by atoms with Crippen LogP contribution >= 0.6 is 11.3 Å². The molecular weight excluding hydrogens is 264 g/mol. The van der Waals surface area contributed by atoms with Gasteiger partial charge in [-0.3, -0.25) is 9.97 Å². The van der Waals surface area contributed by atoms with Crippen LogP contribution < -0.4 is 0 Å². The van der Waals surface area contributed by atoms with Gasteiger partial charge in [-0.1, -0.05) is 36.4 Å². The van der Waals surface area contributed by atoms with E-state index in [1.54, 1.807) is 12.4 Å². The molecule has 3 heteroatoms. The summed E-state index contributed by atoms with van der Waals surface area (Å²) in [5.74, 6) is 0. The largest absolute Gasteiger partial charge is 0.258 e. The molecule has 0 saturated carbocycles. The average molecular weight is 276 g/mol. The number of benzene rings is 2. The van der Waals surface area contributed by atoms with Gasteiger partial charge in [-0.2, -0.15) is 0 Å². The molecule has 4 rings (SSSR count). The summed E-state index contributed by atoms with van der Waals surface area (Å²) in [5, 5.41) is 2.61. The van der Waals surface area contributed by atoms with Gasteiger partial charge < -0.3 is 0 Å². The molecule has 0 aliphatic carbocycles. The smallest absolute Gasteiger partial charge is 0.0928 e. The van der Waals surface area contributed by atoms with E-state index in [0.29, 0.717) is 0 Å². The second-order valence-corrected chi connectivity index (χ2v) is 5.82. The average Bonchev–Trinajstić information content (AvgIpc) is 2.86. The van der Waals surface area contributed by atoms with Crippen LogP contribution in [0.1, 0.15) is 5.69 Å². The molecular formula is C17H12N2S. The Labute approximate surface area is 120 Å². The third kappa shape index (κ3) is 1.63. The molecule has 96 valence electrons. The van der Waals surface area contributed by atoms with E-state index in [2.05, 4.69) is 52.4 Å². The van der Waals surface area contributed by atoms with E-state index >= 15 is 0 Å². The van der Waals surface area contributed by atoms with Gasteiger partial charge in [-0.15, -0.1) is 11.3 Å². The first-order chi connectivity index (χ1) is 9.84. The van der Waals surface area contributed by atoms with Crippen molar-refractivity contribution in [3.05, 3.63) is 60.6 Å². The van der Waals surface area contributed by atoms with Crippen LogP contribution in [-0.4, -0.2) is 9.97 Å². The molecule has 20 heavy (non-hydrogen) atoms. The molecule has 4 aromatic rings. The molecule has 2 heterocycles. The van der Waals surface area contributed by atoms with Gasteiger partial charge in [0.15, 0.2) is 0 Å². The SMILES string of the molecule is Cc1nccnc1-c1cccc2c1sc1ccccc12. The van der Waals surface area contributed by atoms with E-state index in [1.807, 2.05) is 18.3 Å². The fraction of sp³-hybridized carbons (Fsp3) is 0.0588. The zero-order valence-electron chi connectivity index (χ0n) is 11.0. The number of rotatable bonds is 1. The minimum Gasteiger partial charge on any atom is -0.258 e. The summed E-state index contributed by atoms with van der Waals surface area (Å²) in [6, 6.07) is 15.0. The van der Waals surface area contributed by atoms with E-state index in [-0.39, 0.29) is 0 Å². The number of thiophene rings is 1. The minimum absolute atomic E-state index is 0.970. The van der Waals surface area contributed by atoms with Crippen molar-refractivity contribution >= 4 is 31.5 Å².